The second kappa shape index (κ2) is 5.89. The summed E-state index contributed by atoms with van der Waals surface area (Å²) in [7, 11) is 0. The minimum absolute atomic E-state index is 0.0550. The lowest BCUT2D eigenvalue weighted by molar-refractivity contribution is 0.0685. The summed E-state index contributed by atoms with van der Waals surface area (Å²) in [4.78, 5) is 11.4. The van der Waals surface area contributed by atoms with Gasteiger partial charge in [0.1, 0.15) is 5.75 Å². The monoisotopic (exact) mass is 250 g/mol. The van der Waals surface area contributed by atoms with Gasteiger partial charge in [-0.05, 0) is 29.0 Å². The molecule has 1 rings (SSSR count). The summed E-state index contributed by atoms with van der Waals surface area (Å²) in [6.07, 6.45) is -0.651. The Morgan fingerprint density at radius 2 is 1.72 bits per heavy atom. The number of hydrogen-bond acceptors (Lipinski definition) is 3. The van der Waals surface area contributed by atoms with Crippen LogP contribution in [0.2, 0.25) is 0 Å². The standard InChI is InChI=1S/C15H22O3/c1-11(2)12-6-8-13(9-7-12)18-14(16)17-10-15(3,4)5/h6-9,11H,10H2,1-5H3. The van der Waals surface area contributed by atoms with Crippen LogP contribution in [-0.2, 0) is 4.74 Å². The maximum Gasteiger partial charge on any atom is 0.513 e. The largest absolute Gasteiger partial charge is 0.513 e. The van der Waals surface area contributed by atoms with E-state index in [1.807, 2.05) is 32.9 Å². The maximum absolute atomic E-state index is 11.4. The average Bonchev–Trinajstić information content (AvgIpc) is 2.26. The van der Waals surface area contributed by atoms with Crippen LogP contribution in [0.15, 0.2) is 24.3 Å². The highest BCUT2D eigenvalue weighted by Crippen LogP contribution is 2.19. The molecule has 3 heteroatoms. The van der Waals surface area contributed by atoms with Crippen LogP contribution >= 0.6 is 0 Å². The van der Waals surface area contributed by atoms with E-state index >= 15 is 0 Å². The van der Waals surface area contributed by atoms with E-state index in [0.717, 1.165) is 0 Å². The molecule has 0 saturated carbocycles. The Hall–Kier alpha value is -1.51. The Morgan fingerprint density at radius 1 is 1.17 bits per heavy atom. The molecule has 1 aromatic rings. The normalized spacial score (nSPS) is 11.4. The zero-order valence-corrected chi connectivity index (χ0v) is 11.8. The van der Waals surface area contributed by atoms with E-state index < -0.39 is 6.16 Å². The Bertz CT molecular complexity index is 385. The third-order valence-electron chi connectivity index (χ3n) is 2.37. The molecule has 0 aromatic heterocycles. The Kier molecular flexibility index (Phi) is 4.76. The van der Waals surface area contributed by atoms with Gasteiger partial charge in [0.15, 0.2) is 0 Å². The van der Waals surface area contributed by atoms with E-state index in [9.17, 15) is 4.79 Å². The molecule has 3 nitrogen and oxygen atoms in total. The van der Waals surface area contributed by atoms with Crippen molar-refractivity contribution in [2.24, 2.45) is 5.41 Å². The summed E-state index contributed by atoms with van der Waals surface area (Å²) in [5.74, 6) is 0.977. The van der Waals surface area contributed by atoms with E-state index in [1.54, 1.807) is 12.1 Å². The predicted molar refractivity (Wildman–Crippen MR) is 72.0 cm³/mol. The van der Waals surface area contributed by atoms with E-state index in [4.69, 9.17) is 9.47 Å². The molecule has 0 fully saturated rings. The van der Waals surface area contributed by atoms with Crippen LogP contribution in [0.25, 0.3) is 0 Å². The number of rotatable bonds is 3. The molecule has 0 N–H and O–H groups in total. The van der Waals surface area contributed by atoms with E-state index in [2.05, 4.69) is 13.8 Å². The summed E-state index contributed by atoms with van der Waals surface area (Å²) < 4.78 is 10.1. The van der Waals surface area contributed by atoms with Gasteiger partial charge in [-0.2, -0.15) is 0 Å². The number of ether oxygens (including phenoxy) is 2. The van der Waals surface area contributed by atoms with Crippen molar-refractivity contribution in [3.63, 3.8) is 0 Å². The molecule has 1 aromatic carbocycles. The summed E-state index contributed by atoms with van der Waals surface area (Å²) in [6, 6.07) is 7.48. The van der Waals surface area contributed by atoms with Crippen LogP contribution in [-0.4, -0.2) is 12.8 Å². The van der Waals surface area contributed by atoms with Crippen LogP contribution in [0.3, 0.4) is 0 Å². The van der Waals surface area contributed by atoms with Crippen molar-refractivity contribution in [2.45, 2.75) is 40.5 Å². The first-order valence-electron chi connectivity index (χ1n) is 6.22. The van der Waals surface area contributed by atoms with Crippen LogP contribution in [0, 0.1) is 5.41 Å². The molecule has 0 saturated heterocycles. The van der Waals surface area contributed by atoms with Gasteiger partial charge in [0.25, 0.3) is 0 Å². The van der Waals surface area contributed by atoms with Gasteiger partial charge in [0.2, 0.25) is 0 Å². The molecule has 0 atom stereocenters. The van der Waals surface area contributed by atoms with Crippen LogP contribution in [0.1, 0.15) is 46.1 Å². The second-order valence-corrected chi connectivity index (χ2v) is 5.93. The van der Waals surface area contributed by atoms with Crippen molar-refractivity contribution in [3.8, 4) is 5.75 Å². The van der Waals surface area contributed by atoms with Crippen molar-refractivity contribution in [1.82, 2.24) is 0 Å². The lowest BCUT2D eigenvalue weighted by Crippen LogP contribution is -2.20. The van der Waals surface area contributed by atoms with Gasteiger partial charge in [-0.3, -0.25) is 0 Å². The lowest BCUT2D eigenvalue weighted by atomic mass is 9.99. The van der Waals surface area contributed by atoms with Gasteiger partial charge in [0, 0.05) is 0 Å². The van der Waals surface area contributed by atoms with Gasteiger partial charge in [-0.25, -0.2) is 4.79 Å². The zero-order chi connectivity index (χ0) is 13.8. The van der Waals surface area contributed by atoms with E-state index in [1.165, 1.54) is 5.56 Å². The molecule has 0 aliphatic heterocycles. The highest BCUT2D eigenvalue weighted by Gasteiger charge is 2.15. The molecule has 0 radical (unpaired) electrons. The minimum atomic E-state index is -0.651. The number of carbonyl (C=O) groups excluding carboxylic acids is 1. The van der Waals surface area contributed by atoms with Gasteiger partial charge in [-0.15, -0.1) is 0 Å². The van der Waals surface area contributed by atoms with Gasteiger partial charge < -0.3 is 9.47 Å². The van der Waals surface area contributed by atoms with Crippen molar-refractivity contribution in [1.29, 1.82) is 0 Å². The van der Waals surface area contributed by atoms with Crippen LogP contribution < -0.4 is 4.74 Å². The van der Waals surface area contributed by atoms with Crippen LogP contribution in [0.4, 0.5) is 4.79 Å². The molecular formula is C15H22O3. The second-order valence-electron chi connectivity index (χ2n) is 5.93. The maximum atomic E-state index is 11.4. The SMILES string of the molecule is CC(C)c1ccc(OC(=O)OCC(C)(C)C)cc1. The first kappa shape index (κ1) is 14.6. The summed E-state index contributed by atoms with van der Waals surface area (Å²) in [5.41, 5.74) is 1.16. The lowest BCUT2D eigenvalue weighted by Gasteiger charge is -2.17. The highest BCUT2D eigenvalue weighted by molar-refractivity contribution is 5.63. The Labute approximate surface area is 109 Å². The first-order valence-corrected chi connectivity index (χ1v) is 6.22. The molecule has 0 heterocycles. The van der Waals surface area contributed by atoms with Crippen molar-refractivity contribution in [3.05, 3.63) is 29.8 Å². The molecule has 0 bridgehead atoms. The molecular weight excluding hydrogens is 228 g/mol. The molecule has 0 aliphatic rings. The molecule has 0 unspecified atom stereocenters. The fourth-order valence-corrected chi connectivity index (χ4v) is 1.32. The Balaban J connectivity index is 2.50. The van der Waals surface area contributed by atoms with Crippen LogP contribution in [0.5, 0.6) is 5.75 Å². The summed E-state index contributed by atoms with van der Waals surface area (Å²) in [5, 5.41) is 0. The predicted octanol–water partition coefficient (Wildman–Crippen LogP) is 4.37. The third-order valence-corrected chi connectivity index (χ3v) is 2.37. The topological polar surface area (TPSA) is 35.5 Å². The van der Waals surface area contributed by atoms with Gasteiger partial charge in [0.05, 0.1) is 6.61 Å². The number of carbonyl (C=O) groups is 1. The van der Waals surface area contributed by atoms with Gasteiger partial charge >= 0.3 is 6.16 Å². The summed E-state index contributed by atoms with van der Waals surface area (Å²) in [6.45, 7) is 10.6. The molecule has 0 amide bonds. The van der Waals surface area contributed by atoms with Crippen molar-refractivity contribution < 1.29 is 14.3 Å². The van der Waals surface area contributed by atoms with E-state index in [-0.39, 0.29) is 5.41 Å². The zero-order valence-electron chi connectivity index (χ0n) is 11.8. The number of hydrogen-bond donors (Lipinski definition) is 0. The molecule has 18 heavy (non-hydrogen) atoms. The summed E-state index contributed by atoms with van der Waals surface area (Å²) >= 11 is 0. The minimum Gasteiger partial charge on any atom is -0.433 e. The molecule has 0 aliphatic carbocycles. The number of benzene rings is 1. The quantitative estimate of drug-likeness (QED) is 0.590. The average molecular weight is 250 g/mol. The smallest absolute Gasteiger partial charge is 0.433 e. The Morgan fingerprint density at radius 3 is 2.17 bits per heavy atom. The highest BCUT2D eigenvalue weighted by atomic mass is 16.7. The van der Waals surface area contributed by atoms with Crippen molar-refractivity contribution in [2.75, 3.05) is 6.61 Å². The fourth-order valence-electron chi connectivity index (χ4n) is 1.32. The first-order chi connectivity index (χ1) is 8.28. The fraction of sp³-hybridized carbons (Fsp3) is 0.533. The molecule has 100 valence electrons. The van der Waals surface area contributed by atoms with E-state index in [0.29, 0.717) is 18.3 Å². The molecule has 0 spiro atoms. The van der Waals surface area contributed by atoms with Gasteiger partial charge in [-0.1, -0.05) is 46.8 Å². The van der Waals surface area contributed by atoms with Crippen molar-refractivity contribution >= 4 is 6.16 Å². The third kappa shape index (κ3) is 5.21.